The lowest BCUT2D eigenvalue weighted by Gasteiger charge is -2.28. The first-order valence-electron chi connectivity index (χ1n) is 8.46. The van der Waals surface area contributed by atoms with E-state index in [2.05, 4.69) is 5.32 Å². The van der Waals surface area contributed by atoms with Gasteiger partial charge in [0.2, 0.25) is 15.9 Å². The fraction of sp³-hybridized carbons (Fsp3) is 0.316. The minimum atomic E-state index is -3.79. The third-order valence-electron chi connectivity index (χ3n) is 3.83. The summed E-state index contributed by atoms with van der Waals surface area (Å²) in [5.74, 6) is -0.386. The molecular weight excluding hydrogens is 371 g/mol. The van der Waals surface area contributed by atoms with Crippen LogP contribution in [0.5, 0.6) is 5.75 Å². The van der Waals surface area contributed by atoms with Crippen molar-refractivity contribution in [3.8, 4) is 5.75 Å². The fourth-order valence-electron chi connectivity index (χ4n) is 2.67. The zero-order chi connectivity index (χ0) is 20.0. The van der Waals surface area contributed by atoms with Gasteiger partial charge in [0.15, 0.2) is 0 Å². The molecule has 0 aromatic heterocycles. The molecule has 0 aliphatic rings. The Kier molecular flexibility index (Phi) is 6.79. The topological polar surface area (TPSA) is 75.7 Å². The third-order valence-corrected chi connectivity index (χ3v) is 5.07. The second-order valence-corrected chi connectivity index (χ2v) is 7.87. The number of halogens is 1. The van der Waals surface area contributed by atoms with Gasteiger partial charge in [-0.2, -0.15) is 0 Å². The molecular formula is C19H23FN2O4S. The average Bonchev–Trinajstić information content (AvgIpc) is 2.59. The van der Waals surface area contributed by atoms with E-state index in [0.717, 1.165) is 22.2 Å². The first-order valence-corrected chi connectivity index (χ1v) is 10.3. The lowest BCUT2D eigenvalue weighted by molar-refractivity contribution is -0.122. The second-order valence-electron chi connectivity index (χ2n) is 6.01. The van der Waals surface area contributed by atoms with Crippen LogP contribution in [0.2, 0.25) is 0 Å². The number of hydrogen-bond donors (Lipinski definition) is 1. The highest BCUT2D eigenvalue weighted by atomic mass is 32.2. The Morgan fingerprint density at radius 1 is 1.22 bits per heavy atom. The minimum absolute atomic E-state index is 0.0958. The monoisotopic (exact) mass is 394 g/mol. The van der Waals surface area contributed by atoms with Crippen LogP contribution in [0.15, 0.2) is 48.5 Å². The summed E-state index contributed by atoms with van der Waals surface area (Å²) in [4.78, 5) is 12.5. The number of hydrogen-bond acceptors (Lipinski definition) is 4. The van der Waals surface area contributed by atoms with Gasteiger partial charge in [-0.05, 0) is 49.7 Å². The number of carbonyl (C=O) groups is 1. The van der Waals surface area contributed by atoms with Crippen LogP contribution in [-0.2, 0) is 21.4 Å². The van der Waals surface area contributed by atoms with Crippen LogP contribution in [0.3, 0.4) is 0 Å². The van der Waals surface area contributed by atoms with Crippen molar-refractivity contribution in [2.45, 2.75) is 26.4 Å². The molecule has 0 bridgehead atoms. The molecule has 8 heteroatoms. The molecule has 6 nitrogen and oxygen atoms in total. The standard InChI is InChI=1S/C19H23FN2O4S/c1-4-26-18-10-5-7-15(11-18)13-21-19(23)14(2)22(27(3,24)25)17-9-6-8-16(20)12-17/h5-12,14H,4,13H2,1-3H3,(H,21,23). The van der Waals surface area contributed by atoms with Crippen LogP contribution in [0, 0.1) is 5.82 Å². The van der Waals surface area contributed by atoms with E-state index < -0.39 is 27.8 Å². The zero-order valence-corrected chi connectivity index (χ0v) is 16.3. The van der Waals surface area contributed by atoms with Crippen molar-refractivity contribution in [2.24, 2.45) is 0 Å². The Labute approximate surface area is 159 Å². The molecule has 0 aliphatic heterocycles. The van der Waals surface area contributed by atoms with E-state index in [-0.39, 0.29) is 12.2 Å². The lowest BCUT2D eigenvalue weighted by atomic mass is 10.2. The Balaban J connectivity index is 2.14. The number of carbonyl (C=O) groups excluding carboxylic acids is 1. The molecule has 2 rings (SSSR count). The SMILES string of the molecule is CCOc1cccc(CNC(=O)C(C)N(c2cccc(F)c2)S(C)(=O)=O)c1. The smallest absolute Gasteiger partial charge is 0.243 e. The van der Waals surface area contributed by atoms with Gasteiger partial charge in [0, 0.05) is 6.54 Å². The molecule has 1 amide bonds. The molecule has 0 radical (unpaired) electrons. The minimum Gasteiger partial charge on any atom is -0.494 e. The molecule has 1 N–H and O–H groups in total. The summed E-state index contributed by atoms with van der Waals surface area (Å²) in [6, 6.07) is 11.3. The summed E-state index contributed by atoms with van der Waals surface area (Å²) < 4.78 is 44.2. The quantitative estimate of drug-likeness (QED) is 0.747. The van der Waals surface area contributed by atoms with Crippen molar-refractivity contribution >= 4 is 21.6 Å². The van der Waals surface area contributed by atoms with E-state index in [1.807, 2.05) is 25.1 Å². The van der Waals surface area contributed by atoms with Crippen LogP contribution in [-0.4, -0.2) is 33.2 Å². The summed E-state index contributed by atoms with van der Waals surface area (Å²) in [6.45, 7) is 4.08. The number of anilines is 1. The van der Waals surface area contributed by atoms with Gasteiger partial charge in [0.25, 0.3) is 0 Å². The maximum absolute atomic E-state index is 13.5. The van der Waals surface area contributed by atoms with Crippen molar-refractivity contribution in [1.82, 2.24) is 5.32 Å². The second kappa shape index (κ2) is 8.85. The third kappa shape index (κ3) is 5.68. The van der Waals surface area contributed by atoms with Crippen molar-refractivity contribution < 1.29 is 22.3 Å². The molecule has 0 spiro atoms. The molecule has 0 saturated carbocycles. The molecule has 0 aliphatic carbocycles. The number of amides is 1. The Morgan fingerprint density at radius 3 is 2.56 bits per heavy atom. The normalized spacial score (nSPS) is 12.3. The van der Waals surface area contributed by atoms with E-state index >= 15 is 0 Å². The highest BCUT2D eigenvalue weighted by Crippen LogP contribution is 2.22. The van der Waals surface area contributed by atoms with Gasteiger partial charge in [0.1, 0.15) is 17.6 Å². The van der Waals surface area contributed by atoms with E-state index in [1.165, 1.54) is 25.1 Å². The molecule has 0 saturated heterocycles. The maximum Gasteiger partial charge on any atom is 0.243 e. The van der Waals surface area contributed by atoms with Gasteiger partial charge in [0.05, 0.1) is 18.6 Å². The van der Waals surface area contributed by atoms with Gasteiger partial charge < -0.3 is 10.1 Å². The molecule has 27 heavy (non-hydrogen) atoms. The summed E-state index contributed by atoms with van der Waals surface area (Å²) in [6.07, 6.45) is 0.979. The van der Waals surface area contributed by atoms with Gasteiger partial charge in [-0.3, -0.25) is 9.10 Å². The van der Waals surface area contributed by atoms with Crippen LogP contribution in [0.25, 0.3) is 0 Å². The predicted molar refractivity (Wildman–Crippen MR) is 103 cm³/mol. The molecule has 0 heterocycles. The van der Waals surface area contributed by atoms with Gasteiger partial charge in [-0.15, -0.1) is 0 Å². The Bertz CT molecular complexity index is 902. The summed E-state index contributed by atoms with van der Waals surface area (Å²) in [7, 11) is -3.79. The van der Waals surface area contributed by atoms with E-state index in [1.54, 1.807) is 6.07 Å². The van der Waals surface area contributed by atoms with Crippen LogP contribution >= 0.6 is 0 Å². The van der Waals surface area contributed by atoms with Crippen molar-refractivity contribution in [1.29, 1.82) is 0 Å². The van der Waals surface area contributed by atoms with Crippen molar-refractivity contribution in [2.75, 3.05) is 17.2 Å². The highest BCUT2D eigenvalue weighted by molar-refractivity contribution is 7.92. The number of rotatable bonds is 8. The van der Waals surface area contributed by atoms with E-state index in [9.17, 15) is 17.6 Å². The number of benzene rings is 2. The number of nitrogens with one attached hydrogen (secondary N) is 1. The highest BCUT2D eigenvalue weighted by Gasteiger charge is 2.29. The molecule has 2 aromatic rings. The van der Waals surface area contributed by atoms with Gasteiger partial charge >= 0.3 is 0 Å². The zero-order valence-electron chi connectivity index (χ0n) is 15.5. The number of nitrogens with zero attached hydrogens (tertiary/aromatic N) is 1. The molecule has 1 unspecified atom stereocenters. The fourth-order valence-corrected chi connectivity index (χ4v) is 3.84. The number of ether oxygens (including phenoxy) is 1. The van der Waals surface area contributed by atoms with Gasteiger partial charge in [-0.1, -0.05) is 18.2 Å². The van der Waals surface area contributed by atoms with Crippen molar-refractivity contribution in [3.05, 3.63) is 59.9 Å². The Morgan fingerprint density at radius 2 is 1.93 bits per heavy atom. The molecule has 0 fully saturated rings. The summed E-state index contributed by atoms with van der Waals surface area (Å²) in [5.41, 5.74) is 0.914. The van der Waals surface area contributed by atoms with E-state index in [0.29, 0.717) is 12.4 Å². The first-order chi connectivity index (χ1) is 12.7. The lowest BCUT2D eigenvalue weighted by Crippen LogP contribution is -2.47. The largest absolute Gasteiger partial charge is 0.494 e. The van der Waals surface area contributed by atoms with Crippen LogP contribution in [0.4, 0.5) is 10.1 Å². The molecule has 146 valence electrons. The Hall–Kier alpha value is -2.61. The van der Waals surface area contributed by atoms with E-state index in [4.69, 9.17) is 4.74 Å². The van der Waals surface area contributed by atoms with Crippen LogP contribution < -0.4 is 14.4 Å². The number of sulfonamides is 1. The predicted octanol–water partition coefficient (Wildman–Crippen LogP) is 2.70. The molecule has 2 aromatic carbocycles. The van der Waals surface area contributed by atoms with Gasteiger partial charge in [-0.25, -0.2) is 12.8 Å². The average molecular weight is 394 g/mol. The summed E-state index contributed by atoms with van der Waals surface area (Å²) in [5, 5.41) is 2.71. The van der Waals surface area contributed by atoms with Crippen molar-refractivity contribution in [3.63, 3.8) is 0 Å². The summed E-state index contributed by atoms with van der Waals surface area (Å²) >= 11 is 0. The maximum atomic E-state index is 13.5. The van der Waals surface area contributed by atoms with Crippen LogP contribution in [0.1, 0.15) is 19.4 Å². The first kappa shape index (κ1) is 20.7. The molecule has 1 atom stereocenters.